The molecule has 296 valence electrons. The number of anilines is 1. The molecule has 15 nitrogen and oxygen atoms in total. The van der Waals surface area contributed by atoms with Crippen molar-refractivity contribution in [3.05, 3.63) is 77.0 Å². The number of fused-ring (bicyclic) bond motifs is 2. The summed E-state index contributed by atoms with van der Waals surface area (Å²) in [6, 6.07) is 11.1. The molecule has 0 N–H and O–H groups in total. The quantitative estimate of drug-likeness (QED) is 0.0477. The fourth-order valence-electron chi connectivity index (χ4n) is 6.96. The Balaban J connectivity index is 0.00000271. The van der Waals surface area contributed by atoms with Crippen LogP contribution < -0.4 is 85.5 Å². The van der Waals surface area contributed by atoms with E-state index in [0.717, 1.165) is 40.1 Å². The Morgan fingerprint density at radius 1 is 0.839 bits per heavy atom. The van der Waals surface area contributed by atoms with Gasteiger partial charge in [0.1, 0.15) is 6.54 Å². The van der Waals surface area contributed by atoms with Crippen LogP contribution in [0, 0.1) is 6.92 Å². The summed E-state index contributed by atoms with van der Waals surface area (Å²) >= 11 is 0.723. The second-order valence-electron chi connectivity index (χ2n) is 13.7. The molecule has 4 aliphatic rings. The number of hydroxylamine groups is 4. The fourth-order valence-corrected chi connectivity index (χ4v) is 7.35. The van der Waals surface area contributed by atoms with Gasteiger partial charge in [0.05, 0.1) is 17.5 Å². The summed E-state index contributed by atoms with van der Waals surface area (Å²) in [5, 5.41) is 15.0. The third kappa shape index (κ3) is 9.72. The van der Waals surface area contributed by atoms with Crippen molar-refractivity contribution in [3.8, 4) is 0 Å². The molecule has 0 aromatic heterocycles. The van der Waals surface area contributed by atoms with Gasteiger partial charge in [-0.25, -0.2) is 9.59 Å². The van der Waals surface area contributed by atoms with Gasteiger partial charge < -0.3 is 43.8 Å². The van der Waals surface area contributed by atoms with E-state index in [0.29, 0.717) is 26.4 Å². The number of hydrogen-bond acceptors (Lipinski definition) is 13. The average molecular weight is 931 g/mol. The minimum absolute atomic E-state index is 0. The van der Waals surface area contributed by atoms with E-state index in [1.54, 1.807) is 33.8 Å². The first-order valence-electron chi connectivity index (χ1n) is 16.5. The number of rotatable bonds is 11. The van der Waals surface area contributed by atoms with Gasteiger partial charge in [-0.1, -0.05) is 52.5 Å². The topological polar surface area (TPSA) is 175 Å². The molecule has 6 rings (SSSR count). The second-order valence-corrected chi connectivity index (χ2v) is 14.5. The Hall–Kier alpha value is -2.79. The molecule has 0 spiro atoms. The number of halogens is 1. The van der Waals surface area contributed by atoms with Gasteiger partial charge in [-0.3, -0.25) is 24.2 Å². The maximum absolute atomic E-state index is 13.2. The van der Waals surface area contributed by atoms with Gasteiger partial charge in [0.15, 0.2) is 5.71 Å². The summed E-state index contributed by atoms with van der Waals surface area (Å²) in [5.74, 6) is -3.96. The van der Waals surface area contributed by atoms with Gasteiger partial charge in [0.2, 0.25) is 12.2 Å². The van der Waals surface area contributed by atoms with Crippen LogP contribution in [0.1, 0.15) is 84.9 Å². The van der Waals surface area contributed by atoms with Crippen molar-refractivity contribution < 1.29 is 133 Å². The van der Waals surface area contributed by atoms with Crippen molar-refractivity contribution in [3.63, 3.8) is 0 Å². The SMILES string of the molecule is C.C.Cc1ccc2c(c1)C(C)(C)/C(=C/C=C/C1=[N+](CC(=O)ON3C(=O)CCC3=O)c3ccc(SOO[O-])cc3C1(C)C)N2CC(=O)ON1C(=O)CCC1=O.[I-].[K+]. The third-order valence-corrected chi connectivity index (χ3v) is 10.1. The molecule has 2 aromatic rings. The van der Waals surface area contributed by atoms with Crippen molar-refractivity contribution in [2.24, 2.45) is 0 Å². The number of carbonyl (C=O) groups excluding carboxylic acids is 6. The van der Waals surface area contributed by atoms with Crippen LogP contribution in [0.4, 0.5) is 11.4 Å². The Bertz CT molecular complexity index is 1980. The normalized spacial score (nSPS) is 18.4. The molecule has 0 unspecified atom stereocenters. The number of carbonyl (C=O) groups is 6. The van der Waals surface area contributed by atoms with Gasteiger partial charge in [-0.2, -0.15) is 8.91 Å². The molecular weight excluding hydrogens is 887 g/mol. The van der Waals surface area contributed by atoms with Gasteiger partial charge in [-0.15, -0.1) is 10.1 Å². The zero-order chi connectivity index (χ0) is 37.5. The molecule has 4 aliphatic heterocycles. The third-order valence-electron chi connectivity index (χ3n) is 9.55. The van der Waals surface area contributed by atoms with E-state index in [2.05, 4.69) is 9.37 Å². The maximum atomic E-state index is 13.2. The Morgan fingerprint density at radius 2 is 1.41 bits per heavy atom. The fraction of sp³-hybridized carbons (Fsp3) is 0.395. The van der Waals surface area contributed by atoms with Crippen LogP contribution in [0.3, 0.4) is 0 Å². The Labute approximate surface area is 389 Å². The Morgan fingerprint density at radius 3 is 1.98 bits per heavy atom. The van der Waals surface area contributed by atoms with E-state index in [4.69, 9.17) is 9.68 Å². The van der Waals surface area contributed by atoms with E-state index >= 15 is 0 Å². The summed E-state index contributed by atoms with van der Waals surface area (Å²) in [5.41, 5.74) is 4.20. The maximum Gasteiger partial charge on any atom is 1.00 e. The molecule has 2 saturated heterocycles. The number of nitrogens with zero attached hydrogens (tertiary/aromatic N) is 4. The number of allylic oxidation sites excluding steroid dienone is 4. The second kappa shape index (κ2) is 19.8. The molecule has 0 aliphatic carbocycles. The molecule has 2 aromatic carbocycles. The summed E-state index contributed by atoms with van der Waals surface area (Å²) in [6.45, 7) is 9.25. The van der Waals surface area contributed by atoms with Gasteiger partial charge in [0, 0.05) is 65.1 Å². The van der Waals surface area contributed by atoms with Crippen LogP contribution in [-0.2, 0) is 58.6 Å². The predicted octanol–water partition coefficient (Wildman–Crippen LogP) is -1.67. The van der Waals surface area contributed by atoms with Crippen LogP contribution >= 0.6 is 12.0 Å². The van der Waals surface area contributed by atoms with Crippen LogP contribution in [0.5, 0.6) is 0 Å². The standard InChI is InChI=1S/C36H36N4O11S.2CH4.HI.K/c1-21-9-11-25-23(17-21)35(2,3)27(37(25)19-33(45)48-39-29(41)13-14-30(39)42)7-6-8-28-36(4,5)24-18-22(52-51-50-47)10-12-26(24)38(28)20-34(46)49-40-31(43)15-16-32(40)44;;;;/h6-12,17-18H,13-16,19-20H2,1-5H3;2*1H4;1H;/q;;;;+1/p-1. The summed E-state index contributed by atoms with van der Waals surface area (Å²) in [6.07, 6.45) is 5.33. The number of aryl methyl sites for hydroxylation is 1. The van der Waals surface area contributed by atoms with E-state index < -0.39 is 46.4 Å². The first kappa shape index (κ1) is 49.4. The molecular formula is C38H44IKN4O11S. The van der Waals surface area contributed by atoms with Crippen LogP contribution in [0.15, 0.2) is 65.2 Å². The monoisotopic (exact) mass is 930 g/mol. The molecule has 18 heteroatoms. The van der Waals surface area contributed by atoms with Crippen LogP contribution in [0.25, 0.3) is 0 Å². The molecule has 0 radical (unpaired) electrons. The molecule has 2 fully saturated rings. The molecule has 0 bridgehead atoms. The van der Waals surface area contributed by atoms with E-state index in [1.807, 2.05) is 65.0 Å². The largest absolute Gasteiger partial charge is 1.00 e. The molecule has 0 atom stereocenters. The van der Waals surface area contributed by atoms with Gasteiger partial charge >= 0.3 is 63.3 Å². The van der Waals surface area contributed by atoms with E-state index in [9.17, 15) is 34.0 Å². The zero-order valence-corrected chi connectivity index (χ0v) is 36.6. The first-order valence-corrected chi connectivity index (χ1v) is 17.2. The zero-order valence-electron chi connectivity index (χ0n) is 30.5. The minimum Gasteiger partial charge on any atom is -1.00 e. The number of hydrogen-bond donors (Lipinski definition) is 0. The number of imide groups is 2. The molecule has 4 heterocycles. The number of amides is 4. The van der Waals surface area contributed by atoms with Crippen LogP contribution in [-0.4, -0.2) is 69.1 Å². The molecule has 0 saturated carbocycles. The number of benzene rings is 2. The van der Waals surface area contributed by atoms with Gasteiger partial charge in [-0.05, 0) is 50.6 Å². The van der Waals surface area contributed by atoms with Crippen molar-refractivity contribution in [2.45, 2.75) is 90.9 Å². The van der Waals surface area contributed by atoms with Crippen molar-refractivity contribution in [1.29, 1.82) is 0 Å². The van der Waals surface area contributed by atoms with E-state index in [-0.39, 0.29) is 129 Å². The predicted molar refractivity (Wildman–Crippen MR) is 194 cm³/mol. The average Bonchev–Trinajstić information content (AvgIpc) is 3.71. The smallest absolute Gasteiger partial charge is 1.00 e. The summed E-state index contributed by atoms with van der Waals surface area (Å²) in [4.78, 5) is 87.8. The van der Waals surface area contributed by atoms with Crippen LogP contribution in [0.2, 0.25) is 0 Å². The van der Waals surface area contributed by atoms with Crippen molar-refractivity contribution in [1.82, 2.24) is 10.1 Å². The molecule has 4 amide bonds. The first-order chi connectivity index (χ1) is 24.6. The summed E-state index contributed by atoms with van der Waals surface area (Å²) < 4.78 is 6.24. The summed E-state index contributed by atoms with van der Waals surface area (Å²) in [7, 11) is 0. The van der Waals surface area contributed by atoms with Gasteiger partial charge in [0.25, 0.3) is 23.6 Å². The Kier molecular flexibility index (Phi) is 17.4. The molecule has 56 heavy (non-hydrogen) atoms. The minimum atomic E-state index is -0.833. The van der Waals surface area contributed by atoms with E-state index in [1.165, 1.54) is 0 Å². The van der Waals surface area contributed by atoms with Crippen molar-refractivity contribution >= 4 is 64.7 Å². The van der Waals surface area contributed by atoms with Crippen molar-refractivity contribution in [2.75, 3.05) is 18.0 Å².